The van der Waals surface area contributed by atoms with Crippen molar-refractivity contribution in [2.45, 2.75) is 46.5 Å². The topological polar surface area (TPSA) is 45.7 Å². The van der Waals surface area contributed by atoms with Gasteiger partial charge >= 0.3 is 0 Å². The zero-order chi connectivity index (χ0) is 17.6. The number of ether oxygens (including phenoxy) is 1. The van der Waals surface area contributed by atoms with Crippen LogP contribution in [-0.2, 0) is 16.6 Å². The third-order valence-electron chi connectivity index (χ3n) is 4.39. The fourth-order valence-corrected chi connectivity index (χ4v) is 2.65. The highest BCUT2D eigenvalue weighted by molar-refractivity contribution is 5.79. The van der Waals surface area contributed by atoms with E-state index in [1.165, 1.54) is 11.1 Å². The van der Waals surface area contributed by atoms with Gasteiger partial charge in [0.1, 0.15) is 0 Å². The highest BCUT2D eigenvalue weighted by Gasteiger charge is 2.33. The van der Waals surface area contributed by atoms with Gasteiger partial charge in [-0.05, 0) is 29.9 Å². The van der Waals surface area contributed by atoms with Crippen LogP contribution in [-0.4, -0.2) is 38.8 Å². The fourth-order valence-electron chi connectivity index (χ4n) is 2.65. The summed E-state index contributed by atoms with van der Waals surface area (Å²) in [6.07, 6.45) is 0.995. The summed E-state index contributed by atoms with van der Waals surface area (Å²) in [4.78, 5) is 4.70. The van der Waals surface area contributed by atoms with Crippen LogP contribution < -0.4 is 10.6 Å². The lowest BCUT2D eigenvalue weighted by atomic mass is 9.86. The molecule has 1 aromatic carbocycles. The van der Waals surface area contributed by atoms with Crippen molar-refractivity contribution in [1.29, 1.82) is 0 Å². The SMILES string of the molecule is CCNC(=NCC1(C)COC1)NCCc1ccc(C(C)(C)C)cc1. The minimum atomic E-state index is 0.211. The molecule has 4 heteroatoms. The summed E-state index contributed by atoms with van der Waals surface area (Å²) < 4.78 is 5.29. The van der Waals surface area contributed by atoms with Gasteiger partial charge < -0.3 is 15.4 Å². The summed E-state index contributed by atoms with van der Waals surface area (Å²) in [6, 6.07) is 8.95. The van der Waals surface area contributed by atoms with Crippen molar-refractivity contribution in [3.63, 3.8) is 0 Å². The molecule has 0 unspecified atom stereocenters. The minimum absolute atomic E-state index is 0.211. The largest absolute Gasteiger partial charge is 0.380 e. The van der Waals surface area contributed by atoms with Crippen LogP contribution in [0.3, 0.4) is 0 Å². The van der Waals surface area contributed by atoms with Gasteiger partial charge in [0.2, 0.25) is 0 Å². The van der Waals surface area contributed by atoms with Gasteiger partial charge in [0.05, 0.1) is 19.8 Å². The van der Waals surface area contributed by atoms with Crippen LogP contribution in [0.25, 0.3) is 0 Å². The first-order valence-corrected chi connectivity index (χ1v) is 9.02. The smallest absolute Gasteiger partial charge is 0.191 e. The minimum Gasteiger partial charge on any atom is -0.380 e. The quantitative estimate of drug-likeness (QED) is 0.622. The fraction of sp³-hybridized carbons (Fsp3) is 0.650. The van der Waals surface area contributed by atoms with E-state index in [-0.39, 0.29) is 10.8 Å². The van der Waals surface area contributed by atoms with Crippen molar-refractivity contribution in [3.05, 3.63) is 35.4 Å². The molecule has 2 rings (SSSR count). The number of nitrogens with zero attached hydrogens (tertiary/aromatic N) is 1. The predicted molar refractivity (Wildman–Crippen MR) is 102 cm³/mol. The van der Waals surface area contributed by atoms with Gasteiger partial charge in [-0.3, -0.25) is 4.99 Å². The van der Waals surface area contributed by atoms with Gasteiger partial charge in [-0.2, -0.15) is 0 Å². The van der Waals surface area contributed by atoms with Crippen molar-refractivity contribution in [1.82, 2.24) is 10.6 Å². The molecule has 0 aliphatic carbocycles. The van der Waals surface area contributed by atoms with Crippen LogP contribution in [0.4, 0.5) is 0 Å². The molecular weight excluding hydrogens is 298 g/mol. The maximum atomic E-state index is 5.29. The Labute approximate surface area is 147 Å². The molecule has 1 aromatic rings. The molecule has 0 saturated carbocycles. The Kier molecular flexibility index (Phi) is 6.27. The first-order chi connectivity index (χ1) is 11.3. The van der Waals surface area contributed by atoms with Gasteiger partial charge in [0.25, 0.3) is 0 Å². The lowest BCUT2D eigenvalue weighted by Gasteiger charge is -2.36. The Morgan fingerprint density at radius 2 is 1.83 bits per heavy atom. The van der Waals surface area contributed by atoms with Gasteiger partial charge in [0.15, 0.2) is 5.96 Å². The molecule has 0 radical (unpaired) electrons. The van der Waals surface area contributed by atoms with Crippen LogP contribution in [0.2, 0.25) is 0 Å². The highest BCUT2D eigenvalue weighted by atomic mass is 16.5. The highest BCUT2D eigenvalue weighted by Crippen LogP contribution is 2.26. The van der Waals surface area contributed by atoms with E-state index in [1.54, 1.807) is 0 Å². The number of rotatable bonds is 6. The predicted octanol–water partition coefficient (Wildman–Crippen LogP) is 3.12. The van der Waals surface area contributed by atoms with Gasteiger partial charge in [-0.25, -0.2) is 0 Å². The van der Waals surface area contributed by atoms with E-state index in [9.17, 15) is 0 Å². The van der Waals surface area contributed by atoms with Gasteiger partial charge in [-0.15, -0.1) is 0 Å². The monoisotopic (exact) mass is 331 g/mol. The summed E-state index contributed by atoms with van der Waals surface area (Å²) in [5.41, 5.74) is 3.16. The molecule has 0 aromatic heterocycles. The maximum absolute atomic E-state index is 5.29. The molecule has 0 spiro atoms. The molecule has 1 saturated heterocycles. The second kappa shape index (κ2) is 8.02. The first-order valence-electron chi connectivity index (χ1n) is 9.02. The molecule has 24 heavy (non-hydrogen) atoms. The Balaban J connectivity index is 1.82. The average molecular weight is 332 g/mol. The lowest BCUT2D eigenvalue weighted by Crippen LogP contribution is -2.44. The number of hydrogen-bond acceptors (Lipinski definition) is 2. The summed E-state index contributed by atoms with van der Waals surface area (Å²) in [5.74, 6) is 0.900. The number of hydrogen-bond donors (Lipinski definition) is 2. The third kappa shape index (κ3) is 5.52. The summed E-state index contributed by atoms with van der Waals surface area (Å²) >= 11 is 0. The zero-order valence-corrected chi connectivity index (χ0v) is 15.9. The van der Waals surface area contributed by atoms with E-state index in [2.05, 4.69) is 69.5 Å². The molecular formula is C20H33N3O. The van der Waals surface area contributed by atoms with Crippen molar-refractivity contribution >= 4 is 5.96 Å². The third-order valence-corrected chi connectivity index (χ3v) is 4.39. The van der Waals surface area contributed by atoms with Crippen LogP contribution in [0.15, 0.2) is 29.3 Å². The van der Waals surface area contributed by atoms with E-state index >= 15 is 0 Å². The second-order valence-corrected chi connectivity index (χ2v) is 8.12. The maximum Gasteiger partial charge on any atom is 0.191 e. The number of aliphatic imine (C=N–C) groups is 1. The van der Waals surface area contributed by atoms with E-state index < -0.39 is 0 Å². The standard InChI is InChI=1S/C20H33N3O/c1-6-21-18(23-13-20(5)14-24-15-20)22-12-11-16-7-9-17(10-8-16)19(2,3)4/h7-10H,6,11-15H2,1-5H3,(H2,21,22,23). The normalized spacial score (nSPS) is 17.3. The molecule has 4 nitrogen and oxygen atoms in total. The molecule has 134 valence electrons. The number of nitrogens with one attached hydrogen (secondary N) is 2. The Bertz CT molecular complexity index is 539. The van der Waals surface area contributed by atoms with Crippen LogP contribution in [0.5, 0.6) is 0 Å². The van der Waals surface area contributed by atoms with Crippen molar-refractivity contribution in [3.8, 4) is 0 Å². The lowest BCUT2D eigenvalue weighted by molar-refractivity contribution is -0.0945. The van der Waals surface area contributed by atoms with Crippen molar-refractivity contribution < 1.29 is 4.74 Å². The molecule has 0 amide bonds. The molecule has 0 atom stereocenters. The second-order valence-electron chi connectivity index (χ2n) is 8.12. The van der Waals surface area contributed by atoms with Crippen molar-refractivity contribution in [2.24, 2.45) is 10.4 Å². The Morgan fingerprint density at radius 1 is 1.17 bits per heavy atom. The van der Waals surface area contributed by atoms with E-state index in [0.29, 0.717) is 0 Å². The molecule has 2 N–H and O–H groups in total. The molecule has 1 heterocycles. The molecule has 1 aliphatic heterocycles. The van der Waals surface area contributed by atoms with Crippen LogP contribution in [0, 0.1) is 5.41 Å². The van der Waals surface area contributed by atoms with E-state index in [1.807, 2.05) is 0 Å². The summed E-state index contributed by atoms with van der Waals surface area (Å²) in [5, 5.41) is 6.75. The molecule has 1 fully saturated rings. The van der Waals surface area contributed by atoms with E-state index in [0.717, 1.165) is 45.2 Å². The Hall–Kier alpha value is -1.55. The average Bonchev–Trinajstić information content (AvgIpc) is 2.50. The van der Waals surface area contributed by atoms with Crippen LogP contribution >= 0.6 is 0 Å². The van der Waals surface area contributed by atoms with E-state index in [4.69, 9.17) is 9.73 Å². The van der Waals surface area contributed by atoms with Crippen molar-refractivity contribution in [2.75, 3.05) is 32.8 Å². The summed E-state index contributed by atoms with van der Waals surface area (Å²) in [7, 11) is 0. The summed E-state index contributed by atoms with van der Waals surface area (Å²) in [6.45, 7) is 15.3. The van der Waals surface area contributed by atoms with Gasteiger partial charge in [-0.1, -0.05) is 52.0 Å². The van der Waals surface area contributed by atoms with Gasteiger partial charge in [0, 0.05) is 18.5 Å². The number of benzene rings is 1. The Morgan fingerprint density at radius 3 is 2.33 bits per heavy atom. The molecule has 1 aliphatic rings. The molecule has 0 bridgehead atoms. The number of guanidine groups is 1. The zero-order valence-electron chi connectivity index (χ0n) is 15.9. The van der Waals surface area contributed by atoms with Crippen LogP contribution in [0.1, 0.15) is 45.7 Å². The first kappa shape index (κ1) is 18.8.